The van der Waals surface area contributed by atoms with Crippen molar-refractivity contribution in [2.24, 2.45) is 5.92 Å². The van der Waals surface area contributed by atoms with Crippen LogP contribution in [0, 0.1) is 5.92 Å². The van der Waals surface area contributed by atoms with Gasteiger partial charge in [-0.3, -0.25) is 9.59 Å². The zero-order valence-electron chi connectivity index (χ0n) is 10.5. The van der Waals surface area contributed by atoms with E-state index in [2.05, 4.69) is 10.1 Å². The summed E-state index contributed by atoms with van der Waals surface area (Å²) in [4.78, 5) is 33.5. The summed E-state index contributed by atoms with van der Waals surface area (Å²) in [5, 5.41) is 11.4. The Morgan fingerprint density at radius 1 is 1.33 bits per heavy atom. The van der Waals surface area contributed by atoms with Gasteiger partial charge in [-0.15, -0.1) is 0 Å². The Balaban J connectivity index is 2.27. The highest BCUT2D eigenvalue weighted by Crippen LogP contribution is 2.33. The summed E-state index contributed by atoms with van der Waals surface area (Å²) in [6, 6.07) is -0.841. The molecule has 0 aromatic rings. The normalized spacial score (nSPS) is 15.8. The molecule has 2 N–H and O–H groups in total. The lowest BCUT2D eigenvalue weighted by Gasteiger charge is -2.13. The van der Waals surface area contributed by atoms with Gasteiger partial charge in [0.1, 0.15) is 6.04 Å². The van der Waals surface area contributed by atoms with Crippen LogP contribution < -0.4 is 5.32 Å². The monoisotopic (exact) mass is 257 g/mol. The summed E-state index contributed by atoms with van der Waals surface area (Å²) in [7, 11) is 0. The van der Waals surface area contributed by atoms with Gasteiger partial charge in [-0.1, -0.05) is 12.8 Å². The number of hydrogen-bond acceptors (Lipinski definition) is 4. The van der Waals surface area contributed by atoms with Gasteiger partial charge in [-0.05, 0) is 19.3 Å². The third-order valence-electron chi connectivity index (χ3n) is 2.76. The van der Waals surface area contributed by atoms with Crippen molar-refractivity contribution >= 4 is 17.8 Å². The minimum absolute atomic E-state index is 0.0184. The molecule has 0 spiro atoms. The number of hydrogen-bond donors (Lipinski definition) is 2. The van der Waals surface area contributed by atoms with Crippen LogP contribution in [-0.4, -0.2) is 35.6 Å². The van der Waals surface area contributed by atoms with E-state index < -0.39 is 23.9 Å². The molecule has 0 aliphatic heterocycles. The van der Waals surface area contributed by atoms with Crippen LogP contribution in [0.3, 0.4) is 0 Å². The highest BCUT2D eigenvalue weighted by Gasteiger charge is 2.30. The standard InChI is InChI=1S/C12H19NO5/c1-2-18-11(15)6-5-10(14)13-9(12(16)17)7-8-3-4-8/h8-9H,2-7H2,1H3,(H,13,14)(H,16,17)/t9-/m0/s1. The Morgan fingerprint density at radius 3 is 2.50 bits per heavy atom. The molecule has 102 valence electrons. The van der Waals surface area contributed by atoms with E-state index in [4.69, 9.17) is 5.11 Å². The van der Waals surface area contributed by atoms with Gasteiger partial charge in [-0.25, -0.2) is 4.79 Å². The first-order valence-electron chi connectivity index (χ1n) is 6.20. The van der Waals surface area contributed by atoms with Gasteiger partial charge in [0.25, 0.3) is 0 Å². The molecule has 1 amide bonds. The van der Waals surface area contributed by atoms with E-state index in [0.29, 0.717) is 12.3 Å². The third kappa shape index (κ3) is 5.65. The lowest BCUT2D eigenvalue weighted by molar-refractivity contribution is -0.145. The molecular weight excluding hydrogens is 238 g/mol. The summed E-state index contributed by atoms with van der Waals surface area (Å²) in [5.74, 6) is -1.47. The van der Waals surface area contributed by atoms with Crippen LogP contribution in [0.15, 0.2) is 0 Å². The highest BCUT2D eigenvalue weighted by molar-refractivity contribution is 5.85. The van der Waals surface area contributed by atoms with E-state index in [0.717, 1.165) is 12.8 Å². The molecule has 1 atom stereocenters. The number of amides is 1. The Labute approximate surface area is 106 Å². The van der Waals surface area contributed by atoms with Crippen LogP contribution in [0.1, 0.15) is 39.0 Å². The van der Waals surface area contributed by atoms with E-state index in [-0.39, 0.29) is 19.4 Å². The average molecular weight is 257 g/mol. The van der Waals surface area contributed by atoms with Crippen LogP contribution in [0.25, 0.3) is 0 Å². The molecule has 0 aromatic carbocycles. The summed E-state index contributed by atoms with van der Waals surface area (Å²) in [5.41, 5.74) is 0. The maximum Gasteiger partial charge on any atom is 0.326 e. The van der Waals surface area contributed by atoms with Crippen LogP contribution in [0.2, 0.25) is 0 Å². The molecule has 0 bridgehead atoms. The molecule has 0 heterocycles. The van der Waals surface area contributed by atoms with Gasteiger partial charge in [-0.2, -0.15) is 0 Å². The number of ether oxygens (including phenoxy) is 1. The molecule has 1 rings (SSSR count). The minimum Gasteiger partial charge on any atom is -0.480 e. The number of carboxylic acids is 1. The lowest BCUT2D eigenvalue weighted by Crippen LogP contribution is -2.41. The number of nitrogens with one attached hydrogen (secondary N) is 1. The van der Waals surface area contributed by atoms with Crippen LogP contribution in [0.4, 0.5) is 0 Å². The smallest absolute Gasteiger partial charge is 0.326 e. The maximum atomic E-state index is 11.5. The van der Waals surface area contributed by atoms with E-state index in [1.165, 1.54) is 0 Å². The van der Waals surface area contributed by atoms with E-state index >= 15 is 0 Å². The Morgan fingerprint density at radius 2 is 2.00 bits per heavy atom. The highest BCUT2D eigenvalue weighted by atomic mass is 16.5. The van der Waals surface area contributed by atoms with Gasteiger partial charge in [0.15, 0.2) is 0 Å². The average Bonchev–Trinajstić information content (AvgIpc) is 3.09. The Bertz CT molecular complexity index is 324. The topological polar surface area (TPSA) is 92.7 Å². The largest absolute Gasteiger partial charge is 0.480 e. The molecule has 0 unspecified atom stereocenters. The quantitative estimate of drug-likeness (QED) is 0.624. The maximum absolute atomic E-state index is 11.5. The molecule has 0 saturated heterocycles. The molecule has 1 fully saturated rings. The van der Waals surface area contributed by atoms with Gasteiger partial charge in [0, 0.05) is 6.42 Å². The lowest BCUT2D eigenvalue weighted by atomic mass is 10.1. The van der Waals surface area contributed by atoms with E-state index in [1.54, 1.807) is 6.92 Å². The molecule has 1 aliphatic carbocycles. The number of carboxylic acid groups (broad SMARTS) is 1. The first-order valence-corrected chi connectivity index (χ1v) is 6.20. The summed E-state index contributed by atoms with van der Waals surface area (Å²) in [6.07, 6.45) is 2.48. The summed E-state index contributed by atoms with van der Waals surface area (Å²) < 4.78 is 4.68. The summed E-state index contributed by atoms with van der Waals surface area (Å²) in [6.45, 7) is 1.97. The minimum atomic E-state index is -1.02. The second-order valence-electron chi connectivity index (χ2n) is 4.44. The third-order valence-corrected chi connectivity index (χ3v) is 2.76. The van der Waals surface area contributed by atoms with Crippen molar-refractivity contribution in [2.75, 3.05) is 6.61 Å². The molecule has 0 aromatic heterocycles. The second kappa shape index (κ2) is 6.98. The van der Waals surface area contributed by atoms with Gasteiger partial charge < -0.3 is 15.2 Å². The second-order valence-corrected chi connectivity index (χ2v) is 4.44. The number of rotatable bonds is 8. The Kier molecular flexibility index (Phi) is 5.61. The zero-order valence-corrected chi connectivity index (χ0v) is 10.5. The fourth-order valence-corrected chi connectivity index (χ4v) is 1.62. The first kappa shape index (κ1) is 14.5. The number of carbonyl (C=O) groups is 3. The van der Waals surface area contributed by atoms with Crippen LogP contribution in [0.5, 0.6) is 0 Å². The Hall–Kier alpha value is -1.59. The molecular formula is C12H19NO5. The van der Waals surface area contributed by atoms with E-state index in [1.807, 2.05) is 0 Å². The predicted octanol–water partition coefficient (Wildman–Crippen LogP) is 0.699. The molecule has 6 heteroatoms. The predicted molar refractivity (Wildman–Crippen MR) is 62.8 cm³/mol. The first-order chi connectivity index (χ1) is 8.52. The van der Waals surface area contributed by atoms with Crippen molar-refractivity contribution in [2.45, 2.75) is 45.1 Å². The van der Waals surface area contributed by atoms with Crippen molar-refractivity contribution in [3.8, 4) is 0 Å². The van der Waals surface area contributed by atoms with Crippen molar-refractivity contribution in [1.82, 2.24) is 5.32 Å². The molecule has 1 aliphatic rings. The van der Waals surface area contributed by atoms with Crippen LogP contribution in [-0.2, 0) is 19.1 Å². The van der Waals surface area contributed by atoms with E-state index in [9.17, 15) is 14.4 Å². The van der Waals surface area contributed by atoms with Crippen molar-refractivity contribution < 1.29 is 24.2 Å². The fraction of sp³-hybridized carbons (Fsp3) is 0.750. The molecule has 0 radical (unpaired) electrons. The number of esters is 1. The number of carbonyl (C=O) groups excluding carboxylic acids is 2. The summed E-state index contributed by atoms with van der Waals surface area (Å²) >= 11 is 0. The molecule has 1 saturated carbocycles. The van der Waals surface area contributed by atoms with Gasteiger partial charge >= 0.3 is 11.9 Å². The molecule has 18 heavy (non-hydrogen) atoms. The zero-order chi connectivity index (χ0) is 13.5. The van der Waals surface area contributed by atoms with Crippen molar-refractivity contribution in [1.29, 1.82) is 0 Å². The fourth-order valence-electron chi connectivity index (χ4n) is 1.62. The van der Waals surface area contributed by atoms with Crippen LogP contribution >= 0.6 is 0 Å². The SMILES string of the molecule is CCOC(=O)CCC(=O)N[C@@H](CC1CC1)C(=O)O. The number of aliphatic carboxylic acids is 1. The van der Waals surface area contributed by atoms with Gasteiger partial charge in [0.05, 0.1) is 13.0 Å². The molecule has 6 nitrogen and oxygen atoms in total. The van der Waals surface area contributed by atoms with Gasteiger partial charge in [0.2, 0.25) is 5.91 Å². The van der Waals surface area contributed by atoms with Crippen molar-refractivity contribution in [3.63, 3.8) is 0 Å². The van der Waals surface area contributed by atoms with Crippen molar-refractivity contribution in [3.05, 3.63) is 0 Å².